The van der Waals surface area contributed by atoms with E-state index < -0.39 is 5.97 Å². The number of carboxylic acids is 1. The molecule has 2 aliphatic rings. The molecular formula is C15H18N2O3. The molecule has 2 atom stereocenters. The van der Waals surface area contributed by atoms with Crippen LogP contribution in [0.3, 0.4) is 0 Å². The molecule has 0 bridgehead atoms. The number of amides is 1. The maximum Gasteiger partial charge on any atom is 0.335 e. The van der Waals surface area contributed by atoms with Crippen LogP contribution in [0.15, 0.2) is 24.3 Å². The van der Waals surface area contributed by atoms with Crippen molar-refractivity contribution in [1.82, 2.24) is 4.90 Å². The summed E-state index contributed by atoms with van der Waals surface area (Å²) in [5, 5.41) is 8.98. The highest BCUT2D eigenvalue weighted by atomic mass is 16.4. The summed E-state index contributed by atoms with van der Waals surface area (Å²) < 4.78 is 0. The second-order valence-corrected chi connectivity index (χ2v) is 5.76. The van der Waals surface area contributed by atoms with E-state index in [-0.39, 0.29) is 17.5 Å². The summed E-state index contributed by atoms with van der Waals surface area (Å²) in [5.74, 6) is -0.0601. The van der Waals surface area contributed by atoms with Crippen molar-refractivity contribution in [2.75, 3.05) is 13.1 Å². The van der Waals surface area contributed by atoms with Crippen LogP contribution in [0.1, 0.15) is 33.6 Å². The number of aromatic carboxylic acids is 1. The number of nitrogens with two attached hydrogens (primary N) is 1. The van der Waals surface area contributed by atoms with Gasteiger partial charge in [-0.05, 0) is 42.9 Å². The third-order valence-corrected chi connectivity index (χ3v) is 4.28. The van der Waals surface area contributed by atoms with Crippen molar-refractivity contribution in [3.05, 3.63) is 35.4 Å². The number of hydrogen-bond donors (Lipinski definition) is 2. The lowest BCUT2D eigenvalue weighted by molar-refractivity contribution is 0.0697. The van der Waals surface area contributed by atoms with Gasteiger partial charge in [-0.15, -0.1) is 0 Å². The summed E-state index contributed by atoms with van der Waals surface area (Å²) in [4.78, 5) is 25.1. The van der Waals surface area contributed by atoms with E-state index in [9.17, 15) is 9.59 Å². The maximum absolute atomic E-state index is 12.4. The van der Waals surface area contributed by atoms with E-state index in [0.717, 1.165) is 0 Å². The van der Waals surface area contributed by atoms with Gasteiger partial charge < -0.3 is 15.7 Å². The highest BCUT2D eigenvalue weighted by Crippen LogP contribution is 2.41. The fourth-order valence-electron chi connectivity index (χ4n) is 3.01. The fourth-order valence-corrected chi connectivity index (χ4v) is 3.01. The lowest BCUT2D eigenvalue weighted by Gasteiger charge is -2.16. The molecule has 106 valence electrons. The van der Waals surface area contributed by atoms with E-state index in [0.29, 0.717) is 30.5 Å². The van der Waals surface area contributed by atoms with E-state index in [1.54, 1.807) is 17.0 Å². The molecule has 5 nitrogen and oxygen atoms in total. The predicted octanol–water partition coefficient (Wildman–Crippen LogP) is 1.19. The molecule has 1 aliphatic carbocycles. The number of carboxylic acid groups (broad SMARTS) is 1. The topological polar surface area (TPSA) is 83.6 Å². The number of rotatable bonds is 3. The Labute approximate surface area is 117 Å². The van der Waals surface area contributed by atoms with Crippen LogP contribution in [-0.4, -0.2) is 41.0 Å². The molecule has 2 fully saturated rings. The molecule has 5 heteroatoms. The van der Waals surface area contributed by atoms with Crippen molar-refractivity contribution in [2.24, 2.45) is 17.6 Å². The molecule has 1 aromatic rings. The van der Waals surface area contributed by atoms with Crippen molar-refractivity contribution in [3.63, 3.8) is 0 Å². The van der Waals surface area contributed by atoms with Crippen LogP contribution in [0, 0.1) is 11.8 Å². The lowest BCUT2D eigenvalue weighted by Crippen LogP contribution is -2.32. The third kappa shape index (κ3) is 2.41. The Bertz CT molecular complexity index is 554. The zero-order valence-corrected chi connectivity index (χ0v) is 11.2. The number of likely N-dealkylation sites (tertiary alicyclic amines) is 1. The highest BCUT2D eigenvalue weighted by molar-refractivity contribution is 5.97. The van der Waals surface area contributed by atoms with Crippen LogP contribution in [0.25, 0.3) is 0 Å². The van der Waals surface area contributed by atoms with Crippen molar-refractivity contribution < 1.29 is 14.7 Å². The Hall–Kier alpha value is -1.88. The number of hydrogen-bond acceptors (Lipinski definition) is 3. The Balaban J connectivity index is 1.76. The number of nitrogens with zero attached hydrogens (tertiary/aromatic N) is 1. The largest absolute Gasteiger partial charge is 0.478 e. The van der Waals surface area contributed by atoms with Crippen LogP contribution in [0.4, 0.5) is 0 Å². The monoisotopic (exact) mass is 274 g/mol. The standard InChI is InChI=1S/C15H18N2O3/c16-13-8-17(7-12(13)9-4-5-9)14(18)10-2-1-3-11(6-10)15(19)20/h1-3,6,9,12-13H,4-5,7-8,16H2,(H,19,20)/t12-,13+/m1/s1. The van der Waals surface area contributed by atoms with Crippen LogP contribution >= 0.6 is 0 Å². The normalized spacial score (nSPS) is 25.8. The van der Waals surface area contributed by atoms with Crippen LogP contribution < -0.4 is 5.73 Å². The van der Waals surface area contributed by atoms with E-state index in [1.165, 1.54) is 25.0 Å². The summed E-state index contributed by atoms with van der Waals surface area (Å²) in [6.45, 7) is 1.26. The average Bonchev–Trinajstić information content (AvgIpc) is 3.21. The van der Waals surface area contributed by atoms with Gasteiger partial charge in [0.2, 0.25) is 0 Å². The van der Waals surface area contributed by atoms with E-state index in [1.807, 2.05) is 0 Å². The molecule has 0 unspecified atom stereocenters. The highest BCUT2D eigenvalue weighted by Gasteiger charge is 2.42. The maximum atomic E-state index is 12.4. The Morgan fingerprint density at radius 3 is 2.55 bits per heavy atom. The summed E-state index contributed by atoms with van der Waals surface area (Å²) in [7, 11) is 0. The number of carbonyl (C=O) groups excluding carboxylic acids is 1. The van der Waals surface area contributed by atoms with Crippen molar-refractivity contribution in [1.29, 1.82) is 0 Å². The summed E-state index contributed by atoms with van der Waals surface area (Å²) >= 11 is 0. The molecule has 1 saturated heterocycles. The molecule has 1 saturated carbocycles. The minimum absolute atomic E-state index is 0.0501. The van der Waals surface area contributed by atoms with Gasteiger partial charge >= 0.3 is 5.97 Å². The molecule has 0 aromatic heterocycles. The van der Waals surface area contributed by atoms with Gasteiger partial charge in [-0.2, -0.15) is 0 Å². The second-order valence-electron chi connectivity index (χ2n) is 5.76. The van der Waals surface area contributed by atoms with E-state index in [4.69, 9.17) is 10.8 Å². The van der Waals surface area contributed by atoms with Crippen LogP contribution in [-0.2, 0) is 0 Å². The van der Waals surface area contributed by atoms with E-state index in [2.05, 4.69) is 0 Å². The lowest BCUT2D eigenvalue weighted by atomic mass is 9.99. The zero-order valence-electron chi connectivity index (χ0n) is 11.2. The quantitative estimate of drug-likeness (QED) is 0.867. The molecule has 1 aromatic carbocycles. The fraction of sp³-hybridized carbons (Fsp3) is 0.467. The van der Waals surface area contributed by atoms with Gasteiger partial charge in [-0.1, -0.05) is 6.07 Å². The molecular weight excluding hydrogens is 256 g/mol. The minimum atomic E-state index is -1.02. The molecule has 20 heavy (non-hydrogen) atoms. The van der Waals surface area contributed by atoms with Crippen LogP contribution in [0.2, 0.25) is 0 Å². The van der Waals surface area contributed by atoms with Gasteiger partial charge in [0, 0.05) is 24.7 Å². The van der Waals surface area contributed by atoms with Crippen molar-refractivity contribution in [3.8, 4) is 0 Å². The van der Waals surface area contributed by atoms with Gasteiger partial charge in [0.15, 0.2) is 0 Å². The molecule has 1 heterocycles. The zero-order chi connectivity index (χ0) is 14.3. The van der Waals surface area contributed by atoms with E-state index >= 15 is 0 Å². The first kappa shape index (κ1) is 13.1. The second kappa shape index (κ2) is 4.90. The van der Waals surface area contributed by atoms with Gasteiger partial charge in [-0.3, -0.25) is 4.79 Å². The molecule has 3 rings (SSSR count). The van der Waals surface area contributed by atoms with Gasteiger partial charge in [-0.25, -0.2) is 4.79 Å². The minimum Gasteiger partial charge on any atom is -0.478 e. The molecule has 0 spiro atoms. The van der Waals surface area contributed by atoms with Crippen molar-refractivity contribution >= 4 is 11.9 Å². The average molecular weight is 274 g/mol. The summed E-state index contributed by atoms with van der Waals surface area (Å²) in [6.07, 6.45) is 2.43. The Kier molecular flexibility index (Phi) is 3.22. The SMILES string of the molecule is N[C@H]1CN(C(=O)c2cccc(C(=O)O)c2)C[C@@H]1C1CC1. The third-order valence-electron chi connectivity index (χ3n) is 4.28. The van der Waals surface area contributed by atoms with Gasteiger partial charge in [0.05, 0.1) is 5.56 Å². The number of benzene rings is 1. The molecule has 1 aliphatic heterocycles. The van der Waals surface area contributed by atoms with Gasteiger partial charge in [0.1, 0.15) is 0 Å². The Morgan fingerprint density at radius 2 is 1.90 bits per heavy atom. The first-order valence-electron chi connectivity index (χ1n) is 6.94. The Morgan fingerprint density at radius 1 is 1.20 bits per heavy atom. The van der Waals surface area contributed by atoms with Gasteiger partial charge in [0.25, 0.3) is 5.91 Å². The predicted molar refractivity (Wildman–Crippen MR) is 73.5 cm³/mol. The smallest absolute Gasteiger partial charge is 0.335 e. The summed E-state index contributed by atoms with van der Waals surface area (Å²) in [6, 6.07) is 6.23. The van der Waals surface area contributed by atoms with Crippen LogP contribution in [0.5, 0.6) is 0 Å². The van der Waals surface area contributed by atoms with Crippen molar-refractivity contribution in [2.45, 2.75) is 18.9 Å². The molecule has 0 radical (unpaired) electrons. The molecule has 3 N–H and O–H groups in total. The first-order chi connectivity index (χ1) is 9.56. The number of carbonyl (C=O) groups is 2. The summed E-state index contributed by atoms with van der Waals surface area (Å²) in [5.41, 5.74) is 6.68. The molecule has 1 amide bonds. The first-order valence-corrected chi connectivity index (χ1v) is 6.94.